The van der Waals surface area contributed by atoms with Crippen LogP contribution >= 0.6 is 11.8 Å². The van der Waals surface area contributed by atoms with Gasteiger partial charge in [0.1, 0.15) is 11.6 Å². The number of benzene rings is 2. The second kappa shape index (κ2) is 11.0. The van der Waals surface area contributed by atoms with Crippen molar-refractivity contribution in [3.8, 4) is 5.75 Å². The van der Waals surface area contributed by atoms with Gasteiger partial charge in [0.2, 0.25) is 5.91 Å². The number of carbonyl (C=O) groups is 1. The number of amides is 1. The van der Waals surface area contributed by atoms with Crippen molar-refractivity contribution in [3.63, 3.8) is 0 Å². The van der Waals surface area contributed by atoms with Gasteiger partial charge in [-0.05, 0) is 36.8 Å². The smallest absolute Gasteiger partial charge is 0.258 e. The first-order chi connectivity index (χ1) is 17.0. The second-order valence-corrected chi connectivity index (χ2v) is 8.82. The van der Waals surface area contributed by atoms with Crippen molar-refractivity contribution in [2.24, 2.45) is 0 Å². The van der Waals surface area contributed by atoms with E-state index >= 15 is 0 Å². The van der Waals surface area contributed by atoms with Gasteiger partial charge in [0.05, 0.1) is 36.2 Å². The summed E-state index contributed by atoms with van der Waals surface area (Å²) in [7, 11) is 1.60. The van der Waals surface area contributed by atoms with Crippen LogP contribution in [0.25, 0.3) is 10.9 Å². The lowest BCUT2D eigenvalue weighted by Crippen LogP contribution is -2.30. The molecule has 0 fully saturated rings. The van der Waals surface area contributed by atoms with E-state index in [0.717, 1.165) is 11.3 Å². The second-order valence-electron chi connectivity index (χ2n) is 7.87. The number of methoxy groups -OCH3 is 1. The van der Waals surface area contributed by atoms with Crippen molar-refractivity contribution < 1.29 is 9.53 Å². The van der Waals surface area contributed by atoms with Crippen molar-refractivity contribution in [3.05, 3.63) is 88.8 Å². The van der Waals surface area contributed by atoms with Crippen LogP contribution < -0.4 is 15.6 Å². The summed E-state index contributed by atoms with van der Waals surface area (Å²) in [6.45, 7) is 6.17. The number of hydrogen-bond acceptors (Lipinski definition) is 7. The van der Waals surface area contributed by atoms with Gasteiger partial charge in [0.25, 0.3) is 5.56 Å². The van der Waals surface area contributed by atoms with E-state index in [4.69, 9.17) is 4.74 Å². The highest BCUT2D eigenvalue weighted by molar-refractivity contribution is 7.98. The summed E-state index contributed by atoms with van der Waals surface area (Å²) in [5.74, 6) is 2.20. The zero-order valence-corrected chi connectivity index (χ0v) is 20.3. The Morgan fingerprint density at radius 3 is 2.74 bits per heavy atom. The summed E-state index contributed by atoms with van der Waals surface area (Å²) in [5.41, 5.74) is 1.36. The Morgan fingerprint density at radius 2 is 2.00 bits per heavy atom. The lowest BCUT2D eigenvalue weighted by Gasteiger charge is -2.15. The number of carbonyl (C=O) groups excluding carboxylic acids is 1. The van der Waals surface area contributed by atoms with Gasteiger partial charge in [-0.2, -0.15) is 0 Å². The summed E-state index contributed by atoms with van der Waals surface area (Å²) in [5, 5.41) is 12.8. The van der Waals surface area contributed by atoms with Gasteiger partial charge in [-0.25, -0.2) is 4.98 Å². The number of ether oxygens (including phenoxy) is 1. The molecule has 4 aromatic rings. The number of thioether (sulfide) groups is 1. The first-order valence-corrected chi connectivity index (χ1v) is 12.0. The number of aromatic nitrogens is 5. The zero-order valence-electron chi connectivity index (χ0n) is 19.5. The van der Waals surface area contributed by atoms with E-state index in [1.54, 1.807) is 19.3 Å². The van der Waals surface area contributed by atoms with Crippen LogP contribution in [0.4, 0.5) is 0 Å². The van der Waals surface area contributed by atoms with Crippen LogP contribution in [0.1, 0.15) is 30.2 Å². The molecule has 0 radical (unpaired) electrons. The molecule has 4 rings (SSSR count). The molecule has 1 amide bonds. The third-order valence-electron chi connectivity index (χ3n) is 5.35. The molecule has 0 spiro atoms. The predicted molar refractivity (Wildman–Crippen MR) is 135 cm³/mol. The fourth-order valence-corrected chi connectivity index (χ4v) is 4.47. The van der Waals surface area contributed by atoms with Crippen LogP contribution in [0, 0.1) is 0 Å². The number of hydrogen-bond donors (Lipinski definition) is 2. The minimum absolute atomic E-state index is 0.122. The van der Waals surface area contributed by atoms with Gasteiger partial charge in [-0.1, -0.05) is 42.1 Å². The van der Waals surface area contributed by atoms with Crippen LogP contribution in [0.15, 0.2) is 71.1 Å². The lowest BCUT2D eigenvalue weighted by molar-refractivity contribution is -0.121. The quantitative estimate of drug-likeness (QED) is 0.259. The summed E-state index contributed by atoms with van der Waals surface area (Å²) in [6.07, 6.45) is 1.99. The zero-order chi connectivity index (χ0) is 24.8. The normalized spacial score (nSPS) is 11.8. The molecule has 0 aliphatic rings. The molecule has 0 bridgehead atoms. The monoisotopic (exact) mass is 490 g/mol. The average Bonchev–Trinajstić information content (AvgIpc) is 3.26. The summed E-state index contributed by atoms with van der Waals surface area (Å²) < 4.78 is 7.06. The summed E-state index contributed by atoms with van der Waals surface area (Å²) in [4.78, 5) is 32.3. The van der Waals surface area contributed by atoms with Crippen molar-refractivity contribution in [1.29, 1.82) is 0 Å². The molecule has 2 aromatic heterocycles. The predicted octanol–water partition coefficient (Wildman–Crippen LogP) is 3.42. The maximum Gasteiger partial charge on any atom is 0.258 e. The third-order valence-corrected chi connectivity index (χ3v) is 6.32. The molecule has 2 heterocycles. The Labute approximate surface area is 206 Å². The topological polar surface area (TPSA) is 115 Å². The Morgan fingerprint density at radius 1 is 1.23 bits per heavy atom. The number of rotatable bonds is 10. The molecule has 9 nitrogen and oxygen atoms in total. The maximum atomic E-state index is 12.6. The Bertz CT molecular complexity index is 1400. The third kappa shape index (κ3) is 5.78. The Balaban J connectivity index is 1.45. The number of aromatic amines is 1. The van der Waals surface area contributed by atoms with Crippen molar-refractivity contribution in [1.82, 2.24) is 30.0 Å². The molecule has 0 saturated carbocycles. The van der Waals surface area contributed by atoms with Gasteiger partial charge in [-0.15, -0.1) is 16.8 Å². The van der Waals surface area contributed by atoms with Gasteiger partial charge in [-0.3, -0.25) is 9.59 Å². The number of fused-ring (bicyclic) bond motifs is 1. The molecule has 10 heteroatoms. The van der Waals surface area contributed by atoms with E-state index < -0.39 is 0 Å². The minimum atomic E-state index is -0.360. The fraction of sp³-hybridized carbons (Fsp3) is 0.240. The van der Waals surface area contributed by atoms with E-state index in [0.29, 0.717) is 40.0 Å². The SMILES string of the molecule is C=CCn1c(SCc2nc3ccccc3c(=O)[nH]2)nnc1C(C)NC(=O)Cc1ccc(OC)cc1. The van der Waals surface area contributed by atoms with E-state index in [1.807, 2.05) is 54.0 Å². The highest BCUT2D eigenvalue weighted by Gasteiger charge is 2.20. The van der Waals surface area contributed by atoms with Crippen LogP contribution in [-0.4, -0.2) is 37.7 Å². The Kier molecular flexibility index (Phi) is 7.61. The molecule has 0 aliphatic carbocycles. The molecule has 0 saturated heterocycles. The number of allylic oxidation sites excluding steroid dienone is 1. The molecular formula is C25H26N6O3S. The molecule has 180 valence electrons. The summed E-state index contributed by atoms with van der Waals surface area (Å²) >= 11 is 1.40. The molecule has 2 aromatic carbocycles. The van der Waals surface area contributed by atoms with Crippen LogP contribution in [-0.2, 0) is 23.5 Å². The number of para-hydroxylation sites is 1. The van der Waals surface area contributed by atoms with Gasteiger partial charge < -0.3 is 19.6 Å². The van der Waals surface area contributed by atoms with E-state index in [-0.39, 0.29) is 23.9 Å². The molecule has 2 N–H and O–H groups in total. The lowest BCUT2D eigenvalue weighted by atomic mass is 10.1. The minimum Gasteiger partial charge on any atom is -0.497 e. The summed E-state index contributed by atoms with van der Waals surface area (Å²) in [6, 6.07) is 14.2. The molecule has 0 aliphatic heterocycles. The van der Waals surface area contributed by atoms with E-state index in [2.05, 4.69) is 32.1 Å². The van der Waals surface area contributed by atoms with Gasteiger partial charge in [0, 0.05) is 6.54 Å². The molecule has 35 heavy (non-hydrogen) atoms. The molecule has 1 atom stereocenters. The van der Waals surface area contributed by atoms with Crippen LogP contribution in [0.5, 0.6) is 5.75 Å². The number of nitrogens with zero attached hydrogens (tertiary/aromatic N) is 4. The number of H-pyrrole nitrogens is 1. The van der Waals surface area contributed by atoms with Crippen LogP contribution in [0.3, 0.4) is 0 Å². The van der Waals surface area contributed by atoms with Crippen molar-refractivity contribution in [2.45, 2.75) is 36.8 Å². The first-order valence-electron chi connectivity index (χ1n) is 11.1. The largest absolute Gasteiger partial charge is 0.497 e. The molecular weight excluding hydrogens is 464 g/mol. The molecule has 1 unspecified atom stereocenters. The van der Waals surface area contributed by atoms with Gasteiger partial charge in [0.15, 0.2) is 11.0 Å². The first kappa shape index (κ1) is 24.2. The van der Waals surface area contributed by atoms with Crippen molar-refractivity contribution >= 4 is 28.6 Å². The van der Waals surface area contributed by atoms with E-state index in [1.165, 1.54) is 11.8 Å². The average molecular weight is 491 g/mol. The maximum absolute atomic E-state index is 12.6. The van der Waals surface area contributed by atoms with Crippen LogP contribution in [0.2, 0.25) is 0 Å². The van der Waals surface area contributed by atoms with Gasteiger partial charge >= 0.3 is 0 Å². The highest BCUT2D eigenvalue weighted by atomic mass is 32.2. The van der Waals surface area contributed by atoms with Crippen molar-refractivity contribution in [2.75, 3.05) is 7.11 Å². The fourth-order valence-electron chi connectivity index (χ4n) is 3.65. The Hall–Kier alpha value is -3.92. The standard InChI is InChI=1S/C25H26N6O3S/c1-4-13-31-23(16(2)26-22(32)14-17-9-11-18(34-3)12-10-17)29-30-25(31)35-15-21-27-20-8-6-5-7-19(20)24(33)28-21/h4-12,16H,1,13-15H2,2-3H3,(H,26,32)(H,27,28,33). The highest BCUT2D eigenvalue weighted by Crippen LogP contribution is 2.23. The number of nitrogens with one attached hydrogen (secondary N) is 2. The van der Waals surface area contributed by atoms with E-state index in [9.17, 15) is 9.59 Å².